The van der Waals surface area contributed by atoms with E-state index in [9.17, 15) is 14.9 Å². The first-order valence-electron chi connectivity index (χ1n) is 5.35. The van der Waals surface area contributed by atoms with Gasteiger partial charge in [-0.15, -0.1) is 0 Å². The summed E-state index contributed by atoms with van der Waals surface area (Å²) in [6.07, 6.45) is 0.774. The minimum Gasteiger partial charge on any atom is -0.267 e. The number of hydrogen-bond donors (Lipinski definition) is 0. The molecule has 1 aliphatic heterocycles. The number of rotatable bonds is 3. The lowest BCUT2D eigenvalue weighted by Gasteiger charge is -2.27. The van der Waals surface area contributed by atoms with E-state index in [1.807, 2.05) is 6.92 Å². The summed E-state index contributed by atoms with van der Waals surface area (Å²) in [4.78, 5) is 27.4. The molecule has 1 aromatic carbocycles. The van der Waals surface area contributed by atoms with Crippen molar-refractivity contribution in [2.45, 2.75) is 20.0 Å². The third kappa shape index (κ3) is 2.12. The first-order valence-corrected chi connectivity index (χ1v) is 5.35. The Bertz CT molecular complexity index is 473. The maximum atomic E-state index is 12.0. The molecule has 0 spiro atoms. The summed E-state index contributed by atoms with van der Waals surface area (Å²) in [6.45, 7) is 2.69. The van der Waals surface area contributed by atoms with Crippen molar-refractivity contribution in [1.82, 2.24) is 5.06 Å². The van der Waals surface area contributed by atoms with Crippen LogP contribution in [0, 0.1) is 10.1 Å². The fourth-order valence-electron chi connectivity index (χ4n) is 1.71. The average Bonchev–Trinajstić information content (AvgIpc) is 2.32. The Balaban J connectivity index is 2.36. The third-order valence-corrected chi connectivity index (χ3v) is 2.56. The van der Waals surface area contributed by atoms with E-state index < -0.39 is 4.92 Å². The number of amides is 1. The van der Waals surface area contributed by atoms with Gasteiger partial charge in [-0.2, -0.15) is 0 Å². The summed E-state index contributed by atoms with van der Waals surface area (Å²) < 4.78 is 0. The molecule has 1 aromatic rings. The summed E-state index contributed by atoms with van der Waals surface area (Å²) in [6, 6.07) is 4.25. The van der Waals surface area contributed by atoms with Crippen LogP contribution in [-0.2, 0) is 11.4 Å². The van der Waals surface area contributed by atoms with Gasteiger partial charge in [0.25, 0.3) is 11.6 Å². The van der Waals surface area contributed by atoms with Gasteiger partial charge in [0.1, 0.15) is 6.61 Å². The second kappa shape index (κ2) is 4.50. The Labute approximate surface area is 97.9 Å². The highest BCUT2D eigenvalue weighted by atomic mass is 16.7. The second-order valence-corrected chi connectivity index (χ2v) is 3.78. The maximum Gasteiger partial charge on any atom is 0.278 e. The molecule has 0 radical (unpaired) electrons. The van der Waals surface area contributed by atoms with E-state index in [0.29, 0.717) is 17.7 Å². The van der Waals surface area contributed by atoms with E-state index in [1.54, 1.807) is 6.07 Å². The minimum atomic E-state index is -0.507. The zero-order chi connectivity index (χ0) is 12.4. The van der Waals surface area contributed by atoms with Gasteiger partial charge < -0.3 is 0 Å². The summed E-state index contributed by atoms with van der Waals surface area (Å²) >= 11 is 0. The Hall–Kier alpha value is -1.95. The molecule has 1 aliphatic rings. The summed E-state index contributed by atoms with van der Waals surface area (Å²) in [5.41, 5.74) is 0.974. The lowest BCUT2D eigenvalue weighted by molar-refractivity contribution is -0.384. The Kier molecular flexibility index (Phi) is 3.06. The van der Waals surface area contributed by atoms with Crippen LogP contribution in [0.4, 0.5) is 5.69 Å². The summed E-state index contributed by atoms with van der Waals surface area (Å²) in [5, 5.41) is 11.9. The van der Waals surface area contributed by atoms with Crippen LogP contribution < -0.4 is 0 Å². The van der Waals surface area contributed by atoms with Gasteiger partial charge in [0.15, 0.2) is 0 Å². The molecule has 0 saturated carbocycles. The standard InChI is InChI=1S/C11H12N2O4/c1-2-5-12-11(14)10-6-9(13(15)16)4-3-8(10)7-17-12/h3-4,6H,2,5,7H2,1H3. The van der Waals surface area contributed by atoms with Gasteiger partial charge in [0.2, 0.25) is 0 Å². The number of non-ortho nitro benzene ring substituents is 1. The summed E-state index contributed by atoms with van der Waals surface area (Å²) in [7, 11) is 0. The molecule has 90 valence electrons. The number of nitrogens with zero attached hydrogens (tertiary/aromatic N) is 2. The molecule has 0 N–H and O–H groups in total. The molecule has 1 amide bonds. The van der Waals surface area contributed by atoms with Crippen LogP contribution in [0.3, 0.4) is 0 Å². The van der Waals surface area contributed by atoms with E-state index >= 15 is 0 Å². The molecule has 6 heteroatoms. The van der Waals surface area contributed by atoms with Crippen molar-refractivity contribution in [3.05, 3.63) is 39.4 Å². The number of carbonyl (C=O) groups excluding carboxylic acids is 1. The van der Waals surface area contributed by atoms with E-state index in [4.69, 9.17) is 4.84 Å². The number of nitro benzene ring substituents is 1. The van der Waals surface area contributed by atoms with Crippen LogP contribution in [0.1, 0.15) is 29.3 Å². The molecular formula is C11H12N2O4. The zero-order valence-electron chi connectivity index (χ0n) is 9.38. The Morgan fingerprint density at radius 1 is 1.53 bits per heavy atom. The number of carbonyl (C=O) groups is 1. The van der Waals surface area contributed by atoms with Crippen molar-refractivity contribution in [2.75, 3.05) is 6.54 Å². The molecule has 0 unspecified atom stereocenters. The highest BCUT2D eigenvalue weighted by molar-refractivity contribution is 5.96. The SMILES string of the molecule is CCCN1OCc2ccc([N+](=O)[O-])cc2C1=O. The van der Waals surface area contributed by atoms with E-state index in [1.165, 1.54) is 17.2 Å². The number of benzene rings is 1. The lowest BCUT2D eigenvalue weighted by atomic mass is 10.1. The van der Waals surface area contributed by atoms with E-state index in [2.05, 4.69) is 0 Å². The average molecular weight is 236 g/mol. The number of hydrogen-bond acceptors (Lipinski definition) is 4. The normalized spacial score (nSPS) is 14.6. The van der Waals surface area contributed by atoms with Gasteiger partial charge in [0, 0.05) is 18.7 Å². The van der Waals surface area contributed by atoms with Crippen molar-refractivity contribution in [2.24, 2.45) is 0 Å². The van der Waals surface area contributed by atoms with Crippen LogP contribution in [0.25, 0.3) is 0 Å². The molecule has 0 bridgehead atoms. The van der Waals surface area contributed by atoms with Crippen LogP contribution in [0.5, 0.6) is 0 Å². The first-order chi connectivity index (χ1) is 8.13. The molecule has 2 rings (SSSR count). The van der Waals surface area contributed by atoms with Crippen molar-refractivity contribution in [1.29, 1.82) is 0 Å². The molecule has 0 saturated heterocycles. The van der Waals surface area contributed by atoms with Gasteiger partial charge in [-0.25, -0.2) is 5.06 Å². The molecule has 6 nitrogen and oxygen atoms in total. The predicted molar refractivity (Wildman–Crippen MR) is 59.2 cm³/mol. The van der Waals surface area contributed by atoms with Crippen molar-refractivity contribution < 1.29 is 14.6 Å². The number of nitro groups is 1. The fourth-order valence-corrected chi connectivity index (χ4v) is 1.71. The Morgan fingerprint density at radius 2 is 2.29 bits per heavy atom. The van der Waals surface area contributed by atoms with Crippen molar-refractivity contribution in [3.8, 4) is 0 Å². The van der Waals surface area contributed by atoms with Gasteiger partial charge in [-0.3, -0.25) is 19.7 Å². The smallest absolute Gasteiger partial charge is 0.267 e. The maximum absolute atomic E-state index is 12.0. The molecule has 0 aromatic heterocycles. The van der Waals surface area contributed by atoms with Gasteiger partial charge in [-0.05, 0) is 18.1 Å². The van der Waals surface area contributed by atoms with Gasteiger partial charge >= 0.3 is 0 Å². The zero-order valence-corrected chi connectivity index (χ0v) is 9.38. The number of hydroxylamine groups is 2. The van der Waals surface area contributed by atoms with Gasteiger partial charge in [0.05, 0.1) is 10.5 Å². The van der Waals surface area contributed by atoms with Crippen LogP contribution in [-0.4, -0.2) is 22.4 Å². The molecule has 0 fully saturated rings. The monoisotopic (exact) mass is 236 g/mol. The highest BCUT2D eigenvalue weighted by Gasteiger charge is 2.26. The van der Waals surface area contributed by atoms with Crippen LogP contribution >= 0.6 is 0 Å². The fraction of sp³-hybridized carbons (Fsp3) is 0.364. The lowest BCUT2D eigenvalue weighted by Crippen LogP contribution is -2.36. The predicted octanol–water partition coefficient (Wildman–Crippen LogP) is 1.89. The molecule has 1 heterocycles. The summed E-state index contributed by atoms with van der Waals surface area (Å²) in [5.74, 6) is -0.309. The molecule has 0 atom stereocenters. The van der Waals surface area contributed by atoms with Gasteiger partial charge in [-0.1, -0.05) is 6.92 Å². The second-order valence-electron chi connectivity index (χ2n) is 3.78. The first kappa shape index (κ1) is 11.5. The minimum absolute atomic E-state index is 0.0737. The van der Waals surface area contributed by atoms with Crippen LogP contribution in [0.2, 0.25) is 0 Å². The topological polar surface area (TPSA) is 72.7 Å². The van der Waals surface area contributed by atoms with Crippen molar-refractivity contribution in [3.63, 3.8) is 0 Å². The third-order valence-electron chi connectivity index (χ3n) is 2.56. The molecule has 0 aliphatic carbocycles. The molecule has 17 heavy (non-hydrogen) atoms. The van der Waals surface area contributed by atoms with E-state index in [-0.39, 0.29) is 18.2 Å². The largest absolute Gasteiger partial charge is 0.278 e. The highest BCUT2D eigenvalue weighted by Crippen LogP contribution is 2.24. The quantitative estimate of drug-likeness (QED) is 0.593. The van der Waals surface area contributed by atoms with Crippen LogP contribution in [0.15, 0.2) is 18.2 Å². The van der Waals surface area contributed by atoms with E-state index in [0.717, 1.165) is 6.42 Å². The Morgan fingerprint density at radius 3 is 2.94 bits per heavy atom. The molecular weight excluding hydrogens is 224 g/mol. The number of fused-ring (bicyclic) bond motifs is 1. The van der Waals surface area contributed by atoms with Crippen molar-refractivity contribution >= 4 is 11.6 Å².